The van der Waals surface area contributed by atoms with E-state index >= 15 is 0 Å². The minimum absolute atomic E-state index is 0.119. The maximum absolute atomic E-state index is 12.9. The number of nitrogens with zero attached hydrogens (tertiary/aromatic N) is 2. The van der Waals surface area contributed by atoms with Gasteiger partial charge in [0.15, 0.2) is 11.5 Å². The summed E-state index contributed by atoms with van der Waals surface area (Å²) in [4.78, 5) is 25.2. The average Bonchev–Trinajstić information content (AvgIpc) is 3.31. The number of methoxy groups -OCH3 is 2. The van der Waals surface area contributed by atoms with Crippen molar-refractivity contribution in [1.29, 1.82) is 0 Å². The van der Waals surface area contributed by atoms with E-state index in [0.717, 1.165) is 6.42 Å². The molecule has 3 atom stereocenters. The first-order valence-corrected chi connectivity index (χ1v) is 9.16. The number of carbonyl (C=O) groups is 1. The van der Waals surface area contributed by atoms with Crippen molar-refractivity contribution in [2.45, 2.75) is 19.4 Å². The fourth-order valence-corrected chi connectivity index (χ4v) is 4.26. The molecule has 1 saturated carbocycles. The molecule has 142 valence electrons. The van der Waals surface area contributed by atoms with Gasteiger partial charge in [-0.3, -0.25) is 9.59 Å². The molecule has 27 heavy (non-hydrogen) atoms. The molecule has 1 aromatic carbocycles. The molecule has 3 unspecified atom stereocenters. The predicted molar refractivity (Wildman–Crippen MR) is 101 cm³/mol. The van der Waals surface area contributed by atoms with E-state index in [2.05, 4.69) is 22.6 Å². The molecule has 0 spiro atoms. The zero-order valence-electron chi connectivity index (χ0n) is 15.5. The number of hydrogen-bond acceptors (Lipinski definition) is 5. The van der Waals surface area contributed by atoms with E-state index in [4.69, 9.17) is 9.47 Å². The highest BCUT2D eigenvalue weighted by Gasteiger charge is 2.35. The van der Waals surface area contributed by atoms with Crippen molar-refractivity contribution in [3.05, 3.63) is 40.8 Å². The van der Waals surface area contributed by atoms with Gasteiger partial charge in [-0.1, -0.05) is 12.2 Å². The Balaban J connectivity index is 1.51. The highest BCUT2D eigenvalue weighted by Crippen LogP contribution is 2.42. The van der Waals surface area contributed by atoms with Gasteiger partial charge < -0.3 is 14.8 Å². The Bertz CT molecular complexity index is 966. The number of ether oxygens (including phenoxy) is 2. The van der Waals surface area contributed by atoms with Crippen LogP contribution in [-0.2, 0) is 11.3 Å². The van der Waals surface area contributed by atoms with Crippen molar-refractivity contribution in [3.8, 4) is 11.5 Å². The largest absolute Gasteiger partial charge is 0.493 e. The van der Waals surface area contributed by atoms with Crippen LogP contribution in [0.5, 0.6) is 11.5 Å². The molecular weight excluding hydrogens is 346 g/mol. The van der Waals surface area contributed by atoms with Gasteiger partial charge in [0, 0.05) is 11.9 Å². The van der Waals surface area contributed by atoms with Gasteiger partial charge in [-0.2, -0.15) is 5.10 Å². The highest BCUT2D eigenvalue weighted by atomic mass is 16.5. The lowest BCUT2D eigenvalue weighted by molar-refractivity contribution is -0.122. The Morgan fingerprint density at radius 3 is 2.78 bits per heavy atom. The number of aromatic nitrogens is 2. The number of hydrogen-bond donors (Lipinski definition) is 1. The molecule has 1 N–H and O–H groups in total. The molecule has 1 aromatic heterocycles. The Morgan fingerprint density at radius 2 is 2.11 bits per heavy atom. The molecule has 2 aliphatic rings. The summed E-state index contributed by atoms with van der Waals surface area (Å²) in [6.07, 6.45) is 8.44. The lowest BCUT2D eigenvalue weighted by atomic mass is 9.94. The van der Waals surface area contributed by atoms with Gasteiger partial charge in [0.2, 0.25) is 5.91 Å². The number of nitrogens with one attached hydrogen (secondary N) is 1. The van der Waals surface area contributed by atoms with Crippen molar-refractivity contribution in [2.75, 3.05) is 20.8 Å². The van der Waals surface area contributed by atoms with Crippen LogP contribution in [0.3, 0.4) is 0 Å². The Labute approximate surface area is 157 Å². The maximum atomic E-state index is 12.9. The molecule has 0 aliphatic heterocycles. The van der Waals surface area contributed by atoms with Gasteiger partial charge in [-0.05, 0) is 42.7 Å². The lowest BCUT2D eigenvalue weighted by Crippen LogP contribution is -2.36. The molecule has 1 fully saturated rings. The van der Waals surface area contributed by atoms with Gasteiger partial charge in [0.25, 0.3) is 5.56 Å². The normalized spacial score (nSPS) is 23.0. The average molecular weight is 369 g/mol. The van der Waals surface area contributed by atoms with Crippen molar-refractivity contribution in [2.24, 2.45) is 17.8 Å². The van der Waals surface area contributed by atoms with Crippen LogP contribution in [-0.4, -0.2) is 36.5 Å². The van der Waals surface area contributed by atoms with E-state index in [9.17, 15) is 9.59 Å². The summed E-state index contributed by atoms with van der Waals surface area (Å²) in [5, 5.41) is 8.09. The highest BCUT2D eigenvalue weighted by molar-refractivity contribution is 5.89. The quantitative estimate of drug-likeness (QED) is 0.785. The molecule has 1 heterocycles. The summed E-state index contributed by atoms with van der Waals surface area (Å²) in [5.74, 6) is 2.35. The number of benzene rings is 1. The number of amides is 1. The molecule has 2 aliphatic carbocycles. The van der Waals surface area contributed by atoms with E-state index < -0.39 is 0 Å². The van der Waals surface area contributed by atoms with Crippen molar-refractivity contribution in [3.63, 3.8) is 0 Å². The fourth-order valence-electron chi connectivity index (χ4n) is 4.26. The molecular formula is C20H23N3O4. The third-order valence-electron chi connectivity index (χ3n) is 5.63. The summed E-state index contributed by atoms with van der Waals surface area (Å²) in [6.45, 7) is 0.523. The second-order valence-corrected chi connectivity index (χ2v) is 7.22. The van der Waals surface area contributed by atoms with E-state index in [1.165, 1.54) is 25.3 Å². The zero-order chi connectivity index (χ0) is 19.0. The Morgan fingerprint density at radius 1 is 1.26 bits per heavy atom. The van der Waals surface area contributed by atoms with Gasteiger partial charge in [-0.15, -0.1) is 0 Å². The van der Waals surface area contributed by atoms with Crippen LogP contribution in [0.25, 0.3) is 10.8 Å². The smallest absolute Gasteiger partial charge is 0.279 e. The molecule has 0 saturated heterocycles. The first kappa shape index (κ1) is 17.6. The first-order valence-electron chi connectivity index (χ1n) is 9.16. The molecule has 1 amide bonds. The topological polar surface area (TPSA) is 82.5 Å². The van der Waals surface area contributed by atoms with Crippen molar-refractivity contribution >= 4 is 16.7 Å². The zero-order valence-corrected chi connectivity index (χ0v) is 15.5. The minimum Gasteiger partial charge on any atom is -0.493 e. The van der Waals surface area contributed by atoms with E-state index in [1.54, 1.807) is 18.3 Å². The van der Waals surface area contributed by atoms with Crippen molar-refractivity contribution in [1.82, 2.24) is 15.1 Å². The Hall–Kier alpha value is -2.83. The van der Waals surface area contributed by atoms with Gasteiger partial charge >= 0.3 is 0 Å². The molecule has 7 heteroatoms. The molecule has 7 nitrogen and oxygen atoms in total. The van der Waals surface area contributed by atoms with Crippen molar-refractivity contribution < 1.29 is 14.3 Å². The van der Waals surface area contributed by atoms with E-state index in [0.29, 0.717) is 46.6 Å². The maximum Gasteiger partial charge on any atom is 0.279 e. The number of allylic oxidation sites excluding steroid dienone is 2. The van der Waals surface area contributed by atoms with Crippen LogP contribution in [0, 0.1) is 17.8 Å². The number of fused-ring (bicyclic) bond motifs is 3. The van der Waals surface area contributed by atoms with Gasteiger partial charge in [-0.25, -0.2) is 4.68 Å². The monoisotopic (exact) mass is 369 g/mol. The molecule has 2 bridgehead atoms. The van der Waals surface area contributed by atoms with Crippen LogP contribution < -0.4 is 20.3 Å². The second kappa shape index (κ2) is 7.06. The van der Waals surface area contributed by atoms with E-state index in [-0.39, 0.29) is 18.0 Å². The Kier molecular flexibility index (Phi) is 4.59. The summed E-state index contributed by atoms with van der Waals surface area (Å²) in [7, 11) is 3.00. The number of carbonyl (C=O) groups excluding carboxylic acids is 1. The molecule has 4 rings (SSSR count). The summed E-state index contributed by atoms with van der Waals surface area (Å²) < 4.78 is 11.8. The van der Waals surface area contributed by atoms with Crippen LogP contribution in [0.1, 0.15) is 12.8 Å². The predicted octanol–water partition coefficient (Wildman–Crippen LogP) is 1.74. The van der Waals surface area contributed by atoms with Crippen LogP contribution in [0.15, 0.2) is 35.3 Å². The first-order chi connectivity index (χ1) is 13.1. The third-order valence-corrected chi connectivity index (χ3v) is 5.63. The minimum atomic E-state index is -0.374. The summed E-state index contributed by atoms with van der Waals surface area (Å²) in [6, 6.07) is 3.47. The fraction of sp³-hybridized carbons (Fsp3) is 0.450. The van der Waals surface area contributed by atoms with Gasteiger partial charge in [0.1, 0.15) is 6.54 Å². The standard InChI is InChI=1S/C20H23N3O4/c1-26-16-6-5-14-10-22-23(20(25)18(14)19(16)27-2)11-17(24)21-9-15-8-12-3-4-13(15)7-12/h3-6,10,12-13,15H,7-9,11H2,1-2H3,(H,21,24). The number of rotatable bonds is 6. The van der Waals surface area contributed by atoms with Crippen LogP contribution in [0.2, 0.25) is 0 Å². The van der Waals surface area contributed by atoms with Crippen LogP contribution >= 0.6 is 0 Å². The SMILES string of the molecule is COc1ccc2cnn(CC(=O)NCC3CC4C=CC3C4)c(=O)c2c1OC. The summed E-state index contributed by atoms with van der Waals surface area (Å²) >= 11 is 0. The summed E-state index contributed by atoms with van der Waals surface area (Å²) in [5.41, 5.74) is -0.374. The van der Waals surface area contributed by atoms with E-state index in [1.807, 2.05) is 0 Å². The van der Waals surface area contributed by atoms with Gasteiger partial charge in [0.05, 0.1) is 25.8 Å². The molecule has 0 radical (unpaired) electrons. The second-order valence-electron chi connectivity index (χ2n) is 7.22. The third kappa shape index (κ3) is 3.18. The lowest BCUT2D eigenvalue weighted by Gasteiger charge is -2.18. The van der Waals surface area contributed by atoms with Crippen LogP contribution in [0.4, 0.5) is 0 Å². The molecule has 2 aromatic rings.